The Balaban J connectivity index is 2.14. The van der Waals surface area contributed by atoms with Crippen LogP contribution in [0.25, 0.3) is 0 Å². The minimum Gasteiger partial charge on any atom is -0.390 e. The van der Waals surface area contributed by atoms with Gasteiger partial charge in [0.25, 0.3) is 5.56 Å². The van der Waals surface area contributed by atoms with Crippen molar-refractivity contribution >= 4 is 7.82 Å². The summed E-state index contributed by atoms with van der Waals surface area (Å²) in [5.41, 5.74) is -0.918. The van der Waals surface area contributed by atoms with Gasteiger partial charge in [0, 0.05) is 18.2 Å². The van der Waals surface area contributed by atoms with Crippen molar-refractivity contribution in [2.75, 3.05) is 6.61 Å². The quantitative estimate of drug-likeness (QED) is 0.494. The highest BCUT2D eigenvalue weighted by molar-refractivity contribution is 7.46. The van der Waals surface area contributed by atoms with Gasteiger partial charge in [-0.25, -0.2) is 9.36 Å². The highest BCUT2D eigenvalue weighted by atomic mass is 31.2. The summed E-state index contributed by atoms with van der Waals surface area (Å²) in [7, 11) is -4.67. The van der Waals surface area contributed by atoms with Gasteiger partial charge in [0.1, 0.15) is 12.3 Å². The Bertz CT molecular complexity index is 676. The molecule has 1 aromatic rings. The van der Waals surface area contributed by atoms with E-state index in [1.54, 1.807) is 0 Å². The van der Waals surface area contributed by atoms with Crippen molar-refractivity contribution in [3.8, 4) is 0 Å². The molecule has 2 rings (SSSR count). The number of phosphoric acid groups is 1. The summed E-state index contributed by atoms with van der Waals surface area (Å²) >= 11 is 0. The van der Waals surface area contributed by atoms with Crippen LogP contribution in [-0.2, 0) is 13.8 Å². The molecule has 2 heterocycles. The number of H-pyrrole nitrogens is 1. The molecule has 11 heteroatoms. The summed E-state index contributed by atoms with van der Waals surface area (Å²) in [6.07, 6.45) is -1.57. The predicted octanol–water partition coefficient (Wildman–Crippen LogP) is -1.40. The van der Waals surface area contributed by atoms with Crippen LogP contribution >= 0.6 is 7.82 Å². The number of aromatic nitrogens is 2. The molecule has 0 radical (unpaired) electrons. The molecule has 1 saturated heterocycles. The van der Waals surface area contributed by atoms with Crippen LogP contribution in [0, 0.1) is 6.92 Å². The molecule has 0 saturated carbocycles. The van der Waals surface area contributed by atoms with E-state index in [-0.39, 0.29) is 6.42 Å². The van der Waals surface area contributed by atoms with Crippen molar-refractivity contribution in [1.29, 1.82) is 0 Å². The number of hydrogen-bond acceptors (Lipinski definition) is 6. The van der Waals surface area contributed by atoms with Crippen LogP contribution in [0.3, 0.4) is 0 Å². The molecule has 0 amide bonds. The third-order valence-corrected chi connectivity index (χ3v) is 3.55. The number of ether oxygens (including phenoxy) is 1. The molecule has 0 aliphatic carbocycles. The predicted molar refractivity (Wildman–Crippen MR) is 68.6 cm³/mol. The average molecular weight is 322 g/mol. The normalized spacial score (nSPS) is 26.2. The van der Waals surface area contributed by atoms with E-state index < -0.39 is 44.1 Å². The molecule has 1 aromatic heterocycles. The standard InChI is InChI=1S/C10H15N2O8P/c1-5-3-12(10(15)11-9(5)14)8-2-6(13)7(20-8)4-19-21(16,17)18/h3,6-8,13H,2,4H2,1H3,(H,11,14,15)(H2,16,17,18)/t6-,7?,8?/m0/s1. The molecular formula is C10H15N2O8P. The second-order valence-electron chi connectivity index (χ2n) is 4.70. The van der Waals surface area contributed by atoms with E-state index in [1.807, 2.05) is 0 Å². The summed E-state index contributed by atoms with van der Waals surface area (Å²) in [6, 6.07) is 0. The van der Waals surface area contributed by atoms with E-state index in [0.29, 0.717) is 5.56 Å². The molecule has 1 aliphatic heterocycles. The van der Waals surface area contributed by atoms with Crippen LogP contribution < -0.4 is 11.2 Å². The fourth-order valence-electron chi connectivity index (χ4n) is 2.01. The summed E-state index contributed by atoms with van der Waals surface area (Å²) in [5, 5.41) is 9.79. The Morgan fingerprint density at radius 1 is 1.52 bits per heavy atom. The van der Waals surface area contributed by atoms with E-state index in [1.165, 1.54) is 13.1 Å². The fraction of sp³-hybridized carbons (Fsp3) is 0.600. The number of aryl methyl sites for hydroxylation is 1. The molecule has 3 atom stereocenters. The van der Waals surface area contributed by atoms with E-state index in [0.717, 1.165) is 4.57 Å². The number of aromatic amines is 1. The first-order valence-electron chi connectivity index (χ1n) is 6.03. The number of nitrogens with zero attached hydrogens (tertiary/aromatic N) is 1. The van der Waals surface area contributed by atoms with Gasteiger partial charge in [0.2, 0.25) is 0 Å². The number of rotatable bonds is 4. The van der Waals surface area contributed by atoms with Crippen molar-refractivity contribution in [3.63, 3.8) is 0 Å². The van der Waals surface area contributed by atoms with Crippen LogP contribution in [0.2, 0.25) is 0 Å². The molecule has 4 N–H and O–H groups in total. The monoisotopic (exact) mass is 322 g/mol. The van der Waals surface area contributed by atoms with Crippen LogP contribution in [-0.4, -0.2) is 43.3 Å². The third-order valence-electron chi connectivity index (χ3n) is 3.07. The molecular weight excluding hydrogens is 307 g/mol. The van der Waals surface area contributed by atoms with E-state index in [4.69, 9.17) is 14.5 Å². The van der Waals surface area contributed by atoms with Gasteiger partial charge in [0.05, 0.1) is 12.7 Å². The van der Waals surface area contributed by atoms with Crippen molar-refractivity contribution in [1.82, 2.24) is 9.55 Å². The number of hydrogen-bond donors (Lipinski definition) is 4. The second kappa shape index (κ2) is 5.84. The Morgan fingerprint density at radius 3 is 2.81 bits per heavy atom. The van der Waals surface area contributed by atoms with Crippen LogP contribution in [0.15, 0.2) is 15.8 Å². The highest BCUT2D eigenvalue weighted by Crippen LogP contribution is 2.38. The molecule has 0 aromatic carbocycles. The zero-order chi connectivity index (χ0) is 15.8. The number of aliphatic hydroxyl groups excluding tert-OH is 1. The maximum atomic E-state index is 11.7. The van der Waals surface area contributed by atoms with Gasteiger partial charge in [-0.15, -0.1) is 0 Å². The summed E-state index contributed by atoms with van der Waals surface area (Å²) < 4.78 is 21.4. The summed E-state index contributed by atoms with van der Waals surface area (Å²) in [4.78, 5) is 42.3. The third kappa shape index (κ3) is 3.88. The molecule has 1 aliphatic rings. The summed E-state index contributed by atoms with van der Waals surface area (Å²) in [5.74, 6) is 0. The first-order valence-corrected chi connectivity index (χ1v) is 7.56. The molecule has 0 spiro atoms. The van der Waals surface area contributed by atoms with Crippen molar-refractivity contribution in [3.05, 3.63) is 32.6 Å². The van der Waals surface area contributed by atoms with Crippen molar-refractivity contribution in [2.45, 2.75) is 31.8 Å². The van der Waals surface area contributed by atoms with E-state index >= 15 is 0 Å². The topological polar surface area (TPSA) is 151 Å². The maximum Gasteiger partial charge on any atom is 0.469 e. The Kier molecular flexibility index (Phi) is 4.47. The number of nitrogens with one attached hydrogen (secondary N) is 1. The minimum absolute atomic E-state index is 0.0283. The maximum absolute atomic E-state index is 11.7. The number of aliphatic hydroxyl groups is 1. The van der Waals surface area contributed by atoms with Gasteiger partial charge < -0.3 is 19.6 Å². The Labute approximate surface area is 118 Å². The smallest absolute Gasteiger partial charge is 0.390 e. The van der Waals surface area contributed by atoms with E-state index in [9.17, 15) is 19.3 Å². The fourth-order valence-corrected chi connectivity index (χ4v) is 2.35. The van der Waals surface area contributed by atoms with Gasteiger partial charge in [-0.1, -0.05) is 0 Å². The largest absolute Gasteiger partial charge is 0.469 e. The lowest BCUT2D eigenvalue weighted by atomic mass is 10.2. The lowest BCUT2D eigenvalue weighted by molar-refractivity contribution is -0.0451. The second-order valence-corrected chi connectivity index (χ2v) is 5.94. The van der Waals surface area contributed by atoms with Crippen molar-refractivity contribution < 1.29 is 28.7 Å². The van der Waals surface area contributed by atoms with Crippen LogP contribution in [0.1, 0.15) is 18.2 Å². The molecule has 118 valence electrons. The Hall–Kier alpha value is -1.29. The van der Waals surface area contributed by atoms with Crippen LogP contribution in [0.5, 0.6) is 0 Å². The van der Waals surface area contributed by atoms with E-state index in [2.05, 4.69) is 9.51 Å². The van der Waals surface area contributed by atoms with Crippen molar-refractivity contribution in [2.24, 2.45) is 0 Å². The number of phosphoric ester groups is 1. The summed E-state index contributed by atoms with van der Waals surface area (Å²) in [6.45, 7) is 0.994. The molecule has 10 nitrogen and oxygen atoms in total. The molecule has 0 bridgehead atoms. The van der Waals surface area contributed by atoms with Gasteiger partial charge in [-0.3, -0.25) is 18.9 Å². The highest BCUT2D eigenvalue weighted by Gasteiger charge is 2.37. The Morgan fingerprint density at radius 2 is 2.19 bits per heavy atom. The van der Waals surface area contributed by atoms with Gasteiger partial charge in [0.15, 0.2) is 0 Å². The zero-order valence-electron chi connectivity index (χ0n) is 11.0. The lowest BCUT2D eigenvalue weighted by Gasteiger charge is -2.16. The SMILES string of the molecule is Cc1cn(C2C[C@H](O)C(COP(=O)(O)O)O2)c(=O)[nH]c1=O. The van der Waals surface area contributed by atoms with Gasteiger partial charge >= 0.3 is 13.5 Å². The molecule has 1 fully saturated rings. The minimum atomic E-state index is -4.67. The van der Waals surface area contributed by atoms with Crippen LogP contribution in [0.4, 0.5) is 0 Å². The molecule has 21 heavy (non-hydrogen) atoms. The zero-order valence-corrected chi connectivity index (χ0v) is 11.9. The van der Waals surface area contributed by atoms with Gasteiger partial charge in [-0.2, -0.15) is 0 Å². The first-order chi connectivity index (χ1) is 9.67. The lowest BCUT2D eigenvalue weighted by Crippen LogP contribution is -2.33. The average Bonchev–Trinajstić information content (AvgIpc) is 2.72. The first kappa shape index (κ1) is 16.1. The molecule has 2 unspecified atom stereocenters. The van der Waals surface area contributed by atoms with Gasteiger partial charge in [-0.05, 0) is 6.92 Å².